The molecule has 0 fully saturated rings. The normalized spacial score (nSPS) is 12.2. The Morgan fingerprint density at radius 3 is 2.61 bits per heavy atom. The largest absolute Gasteiger partial charge is 0.355 e. The minimum absolute atomic E-state index is 0.0798. The van der Waals surface area contributed by atoms with Gasteiger partial charge in [-0.1, -0.05) is 13.0 Å². The highest BCUT2D eigenvalue weighted by Gasteiger charge is 2.22. The first-order chi connectivity index (χ1) is 11.0. The molecular weight excluding hydrogens is 320 g/mol. The van der Waals surface area contributed by atoms with Gasteiger partial charge in [0.05, 0.1) is 5.69 Å². The smallest absolute Gasteiger partial charge is 0.255 e. The highest BCUT2D eigenvalue weighted by molar-refractivity contribution is 7.98. The van der Waals surface area contributed by atoms with Crippen LogP contribution in [0.15, 0.2) is 23.0 Å². The SMILES string of the molecule is CSCCNc1nc(C(C)c2c(F)cccc2F)c(C)c(=O)[nH]1. The lowest BCUT2D eigenvalue weighted by atomic mass is 9.94. The first-order valence-electron chi connectivity index (χ1n) is 7.23. The molecule has 4 nitrogen and oxygen atoms in total. The third kappa shape index (κ3) is 3.90. The highest BCUT2D eigenvalue weighted by atomic mass is 32.2. The van der Waals surface area contributed by atoms with Gasteiger partial charge in [-0.2, -0.15) is 11.8 Å². The number of hydrogen-bond acceptors (Lipinski definition) is 4. The Kier molecular flexibility index (Phi) is 5.76. The lowest BCUT2D eigenvalue weighted by molar-refractivity contribution is 0.544. The van der Waals surface area contributed by atoms with Gasteiger partial charge >= 0.3 is 0 Å². The van der Waals surface area contributed by atoms with E-state index >= 15 is 0 Å². The zero-order chi connectivity index (χ0) is 17.0. The van der Waals surface area contributed by atoms with E-state index in [4.69, 9.17) is 0 Å². The zero-order valence-corrected chi connectivity index (χ0v) is 14.1. The molecule has 1 heterocycles. The van der Waals surface area contributed by atoms with E-state index in [9.17, 15) is 13.6 Å². The second-order valence-corrected chi connectivity index (χ2v) is 6.19. The molecule has 1 atom stereocenters. The standard InChI is InChI=1S/C16H19F2N3OS/c1-9(13-11(17)5-4-6-12(13)18)14-10(2)15(22)21-16(20-14)19-7-8-23-3/h4-6,9H,7-8H2,1-3H3,(H2,19,20,21,22). The second-order valence-electron chi connectivity index (χ2n) is 5.20. The molecule has 0 aliphatic carbocycles. The Morgan fingerprint density at radius 1 is 1.35 bits per heavy atom. The van der Waals surface area contributed by atoms with Crippen LogP contribution in [0.3, 0.4) is 0 Å². The average Bonchev–Trinajstić information content (AvgIpc) is 2.50. The summed E-state index contributed by atoms with van der Waals surface area (Å²) in [4.78, 5) is 19.1. The molecule has 0 spiro atoms. The molecule has 23 heavy (non-hydrogen) atoms. The molecule has 0 bridgehead atoms. The van der Waals surface area contributed by atoms with E-state index in [0.29, 0.717) is 23.8 Å². The van der Waals surface area contributed by atoms with Crippen LogP contribution in [0.5, 0.6) is 0 Å². The van der Waals surface area contributed by atoms with Crippen molar-refractivity contribution >= 4 is 17.7 Å². The van der Waals surface area contributed by atoms with Gasteiger partial charge in [0.15, 0.2) is 0 Å². The third-order valence-electron chi connectivity index (χ3n) is 3.63. The minimum atomic E-state index is -0.667. The Balaban J connectivity index is 2.43. The third-order valence-corrected chi connectivity index (χ3v) is 4.24. The Labute approximate surface area is 137 Å². The van der Waals surface area contributed by atoms with Gasteiger partial charge in [0.25, 0.3) is 5.56 Å². The number of nitrogens with zero attached hydrogens (tertiary/aromatic N) is 1. The summed E-state index contributed by atoms with van der Waals surface area (Å²) >= 11 is 1.66. The highest BCUT2D eigenvalue weighted by Crippen LogP contribution is 2.28. The number of thioether (sulfide) groups is 1. The topological polar surface area (TPSA) is 57.8 Å². The number of benzene rings is 1. The van der Waals surface area contributed by atoms with Crippen LogP contribution in [0.1, 0.15) is 29.7 Å². The second kappa shape index (κ2) is 7.59. The van der Waals surface area contributed by atoms with Gasteiger partial charge in [-0.3, -0.25) is 9.78 Å². The van der Waals surface area contributed by atoms with Crippen LogP contribution in [-0.2, 0) is 0 Å². The predicted molar refractivity (Wildman–Crippen MR) is 90.3 cm³/mol. The fraction of sp³-hybridized carbons (Fsp3) is 0.375. The lowest BCUT2D eigenvalue weighted by Crippen LogP contribution is -2.21. The van der Waals surface area contributed by atoms with Crippen LogP contribution in [0.2, 0.25) is 0 Å². The molecule has 1 aromatic heterocycles. The van der Waals surface area contributed by atoms with Crippen LogP contribution in [-0.4, -0.2) is 28.5 Å². The molecule has 0 amide bonds. The first-order valence-corrected chi connectivity index (χ1v) is 8.62. The van der Waals surface area contributed by atoms with Crippen molar-refractivity contribution in [1.82, 2.24) is 9.97 Å². The van der Waals surface area contributed by atoms with Gasteiger partial charge in [0.2, 0.25) is 5.95 Å². The van der Waals surface area contributed by atoms with Crippen molar-refractivity contribution in [2.75, 3.05) is 23.9 Å². The number of aromatic nitrogens is 2. The van der Waals surface area contributed by atoms with Crippen molar-refractivity contribution in [3.8, 4) is 0 Å². The lowest BCUT2D eigenvalue weighted by Gasteiger charge is -2.16. The van der Waals surface area contributed by atoms with Gasteiger partial charge < -0.3 is 5.32 Å². The molecule has 1 unspecified atom stereocenters. The summed E-state index contributed by atoms with van der Waals surface area (Å²) < 4.78 is 28.0. The molecule has 1 aromatic carbocycles. The molecule has 124 valence electrons. The van der Waals surface area contributed by atoms with Crippen molar-refractivity contribution in [2.24, 2.45) is 0 Å². The fourth-order valence-corrected chi connectivity index (χ4v) is 2.69. The molecular formula is C16H19F2N3OS. The number of anilines is 1. The molecule has 0 saturated carbocycles. The molecule has 2 N–H and O–H groups in total. The summed E-state index contributed by atoms with van der Waals surface area (Å²) in [6, 6.07) is 3.72. The van der Waals surface area contributed by atoms with Crippen molar-refractivity contribution < 1.29 is 8.78 Å². The summed E-state index contributed by atoms with van der Waals surface area (Å²) in [7, 11) is 0. The monoisotopic (exact) mass is 339 g/mol. The molecule has 0 aliphatic rings. The van der Waals surface area contributed by atoms with Crippen molar-refractivity contribution in [2.45, 2.75) is 19.8 Å². The number of aromatic amines is 1. The van der Waals surface area contributed by atoms with Gasteiger partial charge in [0, 0.05) is 29.3 Å². The number of nitrogens with one attached hydrogen (secondary N) is 2. The molecule has 0 radical (unpaired) electrons. The summed E-state index contributed by atoms with van der Waals surface area (Å²) in [6.07, 6.45) is 1.97. The summed E-state index contributed by atoms with van der Waals surface area (Å²) in [5.41, 5.74) is 0.328. The van der Waals surface area contributed by atoms with Crippen LogP contribution >= 0.6 is 11.8 Å². The van der Waals surface area contributed by atoms with Crippen molar-refractivity contribution in [3.63, 3.8) is 0 Å². The summed E-state index contributed by atoms with van der Waals surface area (Å²) in [5, 5.41) is 3.01. The van der Waals surface area contributed by atoms with E-state index in [-0.39, 0.29) is 11.1 Å². The quantitative estimate of drug-likeness (QED) is 0.793. The Bertz CT molecular complexity index is 728. The van der Waals surface area contributed by atoms with E-state index < -0.39 is 17.6 Å². The van der Waals surface area contributed by atoms with E-state index in [1.807, 2.05) is 6.26 Å². The van der Waals surface area contributed by atoms with Gasteiger partial charge in [0.1, 0.15) is 11.6 Å². The molecule has 2 rings (SSSR count). The van der Waals surface area contributed by atoms with E-state index in [0.717, 1.165) is 5.75 Å². The summed E-state index contributed by atoms with van der Waals surface area (Å²) in [6.45, 7) is 3.87. The van der Waals surface area contributed by atoms with Gasteiger partial charge in [-0.05, 0) is 25.3 Å². The molecule has 2 aromatic rings. The molecule has 7 heteroatoms. The zero-order valence-electron chi connectivity index (χ0n) is 13.2. The van der Waals surface area contributed by atoms with E-state index in [1.165, 1.54) is 18.2 Å². The van der Waals surface area contributed by atoms with E-state index in [2.05, 4.69) is 15.3 Å². The number of halogens is 2. The van der Waals surface area contributed by atoms with Gasteiger partial charge in [-0.15, -0.1) is 0 Å². The number of rotatable bonds is 6. The number of H-pyrrole nitrogens is 1. The summed E-state index contributed by atoms with van der Waals surface area (Å²) in [5.74, 6) is -0.788. The average molecular weight is 339 g/mol. The van der Waals surface area contributed by atoms with Crippen molar-refractivity contribution in [3.05, 3.63) is 57.0 Å². The molecule has 0 saturated heterocycles. The minimum Gasteiger partial charge on any atom is -0.355 e. The Morgan fingerprint density at radius 2 is 2.00 bits per heavy atom. The first kappa shape index (κ1) is 17.5. The van der Waals surface area contributed by atoms with Crippen LogP contribution in [0.25, 0.3) is 0 Å². The van der Waals surface area contributed by atoms with Crippen molar-refractivity contribution in [1.29, 1.82) is 0 Å². The van der Waals surface area contributed by atoms with Gasteiger partial charge in [-0.25, -0.2) is 13.8 Å². The fourth-order valence-electron chi connectivity index (χ4n) is 2.39. The molecule has 0 aliphatic heterocycles. The number of hydrogen-bond donors (Lipinski definition) is 2. The van der Waals surface area contributed by atoms with E-state index in [1.54, 1.807) is 25.6 Å². The predicted octanol–water partition coefficient (Wildman–Crippen LogP) is 3.28. The Hall–Kier alpha value is -1.89. The maximum absolute atomic E-state index is 14.0. The maximum atomic E-state index is 14.0. The maximum Gasteiger partial charge on any atom is 0.255 e. The van der Waals surface area contributed by atoms with Crippen LogP contribution in [0.4, 0.5) is 14.7 Å². The van der Waals surface area contributed by atoms with Crippen LogP contribution in [0, 0.1) is 18.6 Å². The van der Waals surface area contributed by atoms with Crippen LogP contribution < -0.4 is 10.9 Å².